The molecule has 0 saturated heterocycles. The molecule has 0 aliphatic carbocycles. The standard InChI is InChI=1S/C19H25NO3/c1-4-21-19-12-16(13-20)6-8-18(19)23-10-9-22-17-7-5-14(2)15(3)11-17/h5-8,11-12H,4,9-10,13,20H2,1-3H3. The Morgan fingerprint density at radius 1 is 0.826 bits per heavy atom. The molecular weight excluding hydrogens is 290 g/mol. The number of ether oxygens (including phenoxy) is 3. The molecule has 23 heavy (non-hydrogen) atoms. The summed E-state index contributed by atoms with van der Waals surface area (Å²) in [6.45, 7) is 8.11. The van der Waals surface area contributed by atoms with Crippen molar-refractivity contribution in [2.45, 2.75) is 27.3 Å². The van der Waals surface area contributed by atoms with Crippen molar-refractivity contribution in [1.82, 2.24) is 0 Å². The number of hydrogen-bond acceptors (Lipinski definition) is 4. The van der Waals surface area contributed by atoms with Crippen LogP contribution in [0, 0.1) is 13.8 Å². The number of nitrogens with two attached hydrogens (primary N) is 1. The Bertz CT molecular complexity index is 641. The Morgan fingerprint density at radius 2 is 1.61 bits per heavy atom. The van der Waals surface area contributed by atoms with E-state index in [1.165, 1.54) is 11.1 Å². The van der Waals surface area contributed by atoms with Crippen molar-refractivity contribution < 1.29 is 14.2 Å². The van der Waals surface area contributed by atoms with Gasteiger partial charge in [-0.25, -0.2) is 0 Å². The third-order valence-corrected chi connectivity index (χ3v) is 3.63. The van der Waals surface area contributed by atoms with E-state index in [9.17, 15) is 0 Å². The van der Waals surface area contributed by atoms with Crippen molar-refractivity contribution in [2.75, 3.05) is 19.8 Å². The zero-order chi connectivity index (χ0) is 16.7. The van der Waals surface area contributed by atoms with Crippen LogP contribution in [0.1, 0.15) is 23.6 Å². The summed E-state index contributed by atoms with van der Waals surface area (Å²) >= 11 is 0. The van der Waals surface area contributed by atoms with Crippen molar-refractivity contribution in [1.29, 1.82) is 0 Å². The van der Waals surface area contributed by atoms with E-state index in [-0.39, 0.29) is 0 Å². The first kappa shape index (κ1) is 17.2. The summed E-state index contributed by atoms with van der Waals surface area (Å²) in [5, 5.41) is 0. The van der Waals surface area contributed by atoms with Gasteiger partial charge in [0.2, 0.25) is 0 Å². The summed E-state index contributed by atoms with van der Waals surface area (Å²) in [5.74, 6) is 2.30. The fraction of sp³-hybridized carbons (Fsp3) is 0.368. The van der Waals surface area contributed by atoms with Gasteiger partial charge in [0.15, 0.2) is 11.5 Å². The van der Waals surface area contributed by atoms with Crippen LogP contribution in [0.5, 0.6) is 17.2 Å². The predicted molar refractivity (Wildman–Crippen MR) is 92.4 cm³/mol. The number of rotatable bonds is 8. The molecule has 2 aromatic rings. The van der Waals surface area contributed by atoms with E-state index in [1.807, 2.05) is 37.3 Å². The molecule has 0 unspecified atom stereocenters. The van der Waals surface area contributed by atoms with E-state index < -0.39 is 0 Å². The Morgan fingerprint density at radius 3 is 2.30 bits per heavy atom. The molecular formula is C19H25NO3. The van der Waals surface area contributed by atoms with Gasteiger partial charge in [-0.1, -0.05) is 12.1 Å². The highest BCUT2D eigenvalue weighted by molar-refractivity contribution is 5.43. The quantitative estimate of drug-likeness (QED) is 0.756. The van der Waals surface area contributed by atoms with Crippen molar-refractivity contribution in [3.05, 3.63) is 53.1 Å². The van der Waals surface area contributed by atoms with E-state index in [1.54, 1.807) is 0 Å². The number of benzene rings is 2. The average molecular weight is 315 g/mol. The second kappa shape index (κ2) is 8.44. The van der Waals surface area contributed by atoms with Crippen LogP contribution < -0.4 is 19.9 Å². The smallest absolute Gasteiger partial charge is 0.161 e. The molecule has 4 nitrogen and oxygen atoms in total. The average Bonchev–Trinajstić information content (AvgIpc) is 2.56. The highest BCUT2D eigenvalue weighted by atomic mass is 16.5. The maximum absolute atomic E-state index is 5.77. The summed E-state index contributed by atoms with van der Waals surface area (Å²) in [6, 6.07) is 11.8. The molecule has 0 aliphatic rings. The largest absolute Gasteiger partial charge is 0.490 e. The molecule has 4 heteroatoms. The third-order valence-electron chi connectivity index (χ3n) is 3.63. The summed E-state index contributed by atoms with van der Waals surface area (Å²) < 4.78 is 17.1. The van der Waals surface area contributed by atoms with E-state index >= 15 is 0 Å². The molecule has 2 N–H and O–H groups in total. The fourth-order valence-corrected chi connectivity index (χ4v) is 2.18. The lowest BCUT2D eigenvalue weighted by molar-refractivity contribution is 0.208. The summed E-state index contributed by atoms with van der Waals surface area (Å²) in [6.07, 6.45) is 0. The molecule has 0 fully saturated rings. The minimum atomic E-state index is 0.453. The molecule has 0 atom stereocenters. The Balaban J connectivity index is 1.89. The van der Waals surface area contributed by atoms with Crippen LogP contribution in [0.25, 0.3) is 0 Å². The van der Waals surface area contributed by atoms with Gasteiger partial charge < -0.3 is 19.9 Å². The van der Waals surface area contributed by atoms with Gasteiger partial charge in [-0.05, 0) is 61.7 Å². The van der Waals surface area contributed by atoms with E-state index in [2.05, 4.69) is 19.9 Å². The second-order valence-corrected chi connectivity index (χ2v) is 5.36. The van der Waals surface area contributed by atoms with Crippen LogP contribution in [0.15, 0.2) is 36.4 Å². The maximum atomic E-state index is 5.77. The van der Waals surface area contributed by atoms with E-state index in [4.69, 9.17) is 19.9 Å². The molecule has 0 heterocycles. The van der Waals surface area contributed by atoms with Gasteiger partial charge in [0, 0.05) is 6.54 Å². The van der Waals surface area contributed by atoms with Crippen LogP contribution >= 0.6 is 0 Å². The highest BCUT2D eigenvalue weighted by Crippen LogP contribution is 2.28. The number of hydrogen-bond donors (Lipinski definition) is 1. The van der Waals surface area contributed by atoms with Gasteiger partial charge >= 0.3 is 0 Å². The maximum Gasteiger partial charge on any atom is 0.161 e. The van der Waals surface area contributed by atoms with Crippen LogP contribution in [0.2, 0.25) is 0 Å². The minimum Gasteiger partial charge on any atom is -0.490 e. The number of aryl methyl sites for hydroxylation is 2. The first-order chi connectivity index (χ1) is 11.1. The molecule has 2 rings (SSSR count). The van der Waals surface area contributed by atoms with Crippen molar-refractivity contribution >= 4 is 0 Å². The fourth-order valence-electron chi connectivity index (χ4n) is 2.18. The molecule has 0 spiro atoms. The van der Waals surface area contributed by atoms with E-state index in [0.29, 0.717) is 32.1 Å². The van der Waals surface area contributed by atoms with Crippen LogP contribution in [0.3, 0.4) is 0 Å². The Labute approximate surface area is 138 Å². The molecule has 0 bridgehead atoms. The lowest BCUT2D eigenvalue weighted by atomic mass is 10.1. The second-order valence-electron chi connectivity index (χ2n) is 5.36. The van der Waals surface area contributed by atoms with Gasteiger partial charge in [0.1, 0.15) is 19.0 Å². The molecule has 0 aromatic heterocycles. The first-order valence-corrected chi connectivity index (χ1v) is 7.92. The molecule has 0 radical (unpaired) electrons. The van der Waals surface area contributed by atoms with Gasteiger partial charge in [-0.2, -0.15) is 0 Å². The third kappa shape index (κ3) is 4.89. The lowest BCUT2D eigenvalue weighted by Crippen LogP contribution is -2.10. The predicted octanol–water partition coefficient (Wildman–Crippen LogP) is 3.62. The lowest BCUT2D eigenvalue weighted by Gasteiger charge is -2.14. The monoisotopic (exact) mass is 315 g/mol. The minimum absolute atomic E-state index is 0.453. The molecule has 0 saturated carbocycles. The van der Waals surface area contributed by atoms with Crippen LogP contribution in [0.4, 0.5) is 0 Å². The van der Waals surface area contributed by atoms with Crippen molar-refractivity contribution in [3.63, 3.8) is 0 Å². The zero-order valence-electron chi connectivity index (χ0n) is 14.1. The van der Waals surface area contributed by atoms with Gasteiger partial charge in [-0.15, -0.1) is 0 Å². The topological polar surface area (TPSA) is 53.7 Å². The molecule has 2 aromatic carbocycles. The van der Waals surface area contributed by atoms with E-state index in [0.717, 1.165) is 17.1 Å². The molecule has 124 valence electrons. The van der Waals surface area contributed by atoms with Gasteiger partial charge in [0.25, 0.3) is 0 Å². The van der Waals surface area contributed by atoms with Crippen molar-refractivity contribution in [2.24, 2.45) is 5.73 Å². The van der Waals surface area contributed by atoms with Gasteiger partial charge in [-0.3, -0.25) is 0 Å². The van der Waals surface area contributed by atoms with Crippen LogP contribution in [-0.2, 0) is 6.54 Å². The zero-order valence-corrected chi connectivity index (χ0v) is 14.1. The van der Waals surface area contributed by atoms with Crippen molar-refractivity contribution in [3.8, 4) is 17.2 Å². The molecule has 0 amide bonds. The highest BCUT2D eigenvalue weighted by Gasteiger charge is 2.06. The SMILES string of the molecule is CCOc1cc(CN)ccc1OCCOc1ccc(C)c(C)c1. The summed E-state index contributed by atoms with van der Waals surface area (Å²) in [4.78, 5) is 0. The van der Waals surface area contributed by atoms with Crippen LogP contribution in [-0.4, -0.2) is 19.8 Å². The molecule has 0 aliphatic heterocycles. The Hall–Kier alpha value is -2.20. The summed E-state index contributed by atoms with van der Waals surface area (Å²) in [5.41, 5.74) is 9.16. The summed E-state index contributed by atoms with van der Waals surface area (Å²) in [7, 11) is 0. The first-order valence-electron chi connectivity index (χ1n) is 7.92. The normalized spacial score (nSPS) is 10.4. The Kier molecular flexibility index (Phi) is 6.29. The van der Waals surface area contributed by atoms with Gasteiger partial charge in [0.05, 0.1) is 6.61 Å².